The van der Waals surface area contributed by atoms with E-state index in [9.17, 15) is 4.79 Å². The van der Waals surface area contributed by atoms with Crippen LogP contribution in [0.25, 0.3) is 0 Å². The highest BCUT2D eigenvalue weighted by Crippen LogP contribution is 2.24. The van der Waals surface area contributed by atoms with E-state index in [4.69, 9.17) is 0 Å². The van der Waals surface area contributed by atoms with Crippen molar-refractivity contribution in [3.05, 3.63) is 23.8 Å². The van der Waals surface area contributed by atoms with E-state index in [1.165, 1.54) is 5.56 Å². The van der Waals surface area contributed by atoms with Crippen molar-refractivity contribution < 1.29 is 4.79 Å². The fourth-order valence-corrected chi connectivity index (χ4v) is 1.79. The maximum absolute atomic E-state index is 11.2. The van der Waals surface area contributed by atoms with Crippen LogP contribution in [-0.4, -0.2) is 5.91 Å². The molecule has 68 valence electrons. The van der Waals surface area contributed by atoms with Gasteiger partial charge in [-0.15, -0.1) is 12.6 Å². The molecule has 0 aliphatic carbocycles. The molecular formula is C10H11NOS. The maximum atomic E-state index is 11.2. The molecule has 0 saturated heterocycles. The molecule has 1 aromatic rings. The zero-order valence-electron chi connectivity index (χ0n) is 7.21. The van der Waals surface area contributed by atoms with Crippen molar-refractivity contribution in [1.82, 2.24) is 0 Å². The third kappa shape index (κ3) is 1.86. The van der Waals surface area contributed by atoms with Gasteiger partial charge in [0.05, 0.1) is 0 Å². The number of aryl methyl sites for hydroxylation is 1. The number of carbonyl (C=O) groups excluding carboxylic acids is 1. The normalized spacial score (nSPS) is 15.9. The molecule has 1 aliphatic heterocycles. The first-order valence-electron chi connectivity index (χ1n) is 4.37. The molecule has 0 spiro atoms. The first-order valence-corrected chi connectivity index (χ1v) is 4.82. The SMILES string of the molecule is O=C1CCCc2cc(S)ccc2N1. The Morgan fingerprint density at radius 3 is 3.00 bits per heavy atom. The molecule has 0 atom stereocenters. The summed E-state index contributed by atoms with van der Waals surface area (Å²) in [4.78, 5) is 12.2. The summed E-state index contributed by atoms with van der Waals surface area (Å²) in [5.41, 5.74) is 2.14. The van der Waals surface area contributed by atoms with E-state index >= 15 is 0 Å². The van der Waals surface area contributed by atoms with Gasteiger partial charge in [0, 0.05) is 17.0 Å². The summed E-state index contributed by atoms with van der Waals surface area (Å²) < 4.78 is 0. The van der Waals surface area contributed by atoms with Crippen LogP contribution < -0.4 is 5.32 Å². The number of rotatable bonds is 0. The second kappa shape index (κ2) is 3.42. The van der Waals surface area contributed by atoms with Crippen LogP contribution in [0.3, 0.4) is 0 Å². The Morgan fingerprint density at radius 1 is 1.31 bits per heavy atom. The van der Waals surface area contributed by atoms with Crippen molar-refractivity contribution in [3.8, 4) is 0 Å². The van der Waals surface area contributed by atoms with E-state index in [1.807, 2.05) is 18.2 Å². The molecule has 1 heterocycles. The van der Waals surface area contributed by atoms with Crippen molar-refractivity contribution in [3.63, 3.8) is 0 Å². The van der Waals surface area contributed by atoms with Gasteiger partial charge in [0.25, 0.3) is 0 Å². The molecule has 2 rings (SSSR count). The molecule has 13 heavy (non-hydrogen) atoms. The zero-order chi connectivity index (χ0) is 9.26. The predicted octanol–water partition coefficient (Wildman–Crippen LogP) is 2.25. The van der Waals surface area contributed by atoms with Crippen molar-refractivity contribution in [2.75, 3.05) is 5.32 Å². The predicted molar refractivity (Wildman–Crippen MR) is 55.3 cm³/mol. The first-order chi connectivity index (χ1) is 6.25. The van der Waals surface area contributed by atoms with Crippen LogP contribution >= 0.6 is 12.6 Å². The van der Waals surface area contributed by atoms with Gasteiger partial charge in [-0.2, -0.15) is 0 Å². The molecule has 2 nitrogen and oxygen atoms in total. The Kier molecular flexibility index (Phi) is 2.27. The van der Waals surface area contributed by atoms with Gasteiger partial charge in [0.15, 0.2) is 0 Å². The fourth-order valence-electron chi connectivity index (χ4n) is 1.56. The number of benzene rings is 1. The summed E-state index contributed by atoms with van der Waals surface area (Å²) in [6.45, 7) is 0. The number of anilines is 1. The van der Waals surface area contributed by atoms with Crippen LogP contribution in [0.4, 0.5) is 5.69 Å². The number of nitrogens with one attached hydrogen (secondary N) is 1. The summed E-state index contributed by atoms with van der Waals surface area (Å²) in [6, 6.07) is 5.83. The lowest BCUT2D eigenvalue weighted by Gasteiger charge is -2.06. The van der Waals surface area contributed by atoms with Crippen LogP contribution in [0.1, 0.15) is 18.4 Å². The number of thiol groups is 1. The molecule has 1 N–H and O–H groups in total. The average Bonchev–Trinajstić information content (AvgIpc) is 2.25. The lowest BCUT2D eigenvalue weighted by molar-refractivity contribution is -0.116. The third-order valence-corrected chi connectivity index (χ3v) is 2.49. The van der Waals surface area contributed by atoms with E-state index in [-0.39, 0.29) is 5.91 Å². The first kappa shape index (κ1) is 8.63. The summed E-state index contributed by atoms with van der Waals surface area (Å²) in [6.07, 6.45) is 2.51. The van der Waals surface area contributed by atoms with Crippen molar-refractivity contribution >= 4 is 24.2 Å². The molecule has 0 bridgehead atoms. The summed E-state index contributed by atoms with van der Waals surface area (Å²) in [5, 5.41) is 2.88. The van der Waals surface area contributed by atoms with Crippen LogP contribution in [0.2, 0.25) is 0 Å². The summed E-state index contributed by atoms with van der Waals surface area (Å²) >= 11 is 4.26. The van der Waals surface area contributed by atoms with Crippen LogP contribution in [0.15, 0.2) is 23.1 Å². The minimum absolute atomic E-state index is 0.116. The number of amides is 1. The van der Waals surface area contributed by atoms with Gasteiger partial charge in [-0.05, 0) is 36.6 Å². The molecule has 0 aromatic heterocycles. The molecule has 0 fully saturated rings. The van der Waals surface area contributed by atoms with Gasteiger partial charge in [0.2, 0.25) is 5.91 Å². The topological polar surface area (TPSA) is 29.1 Å². The van der Waals surface area contributed by atoms with Crippen molar-refractivity contribution in [2.45, 2.75) is 24.2 Å². The highest BCUT2D eigenvalue weighted by Gasteiger charge is 2.11. The van der Waals surface area contributed by atoms with E-state index in [0.717, 1.165) is 23.4 Å². The van der Waals surface area contributed by atoms with Crippen LogP contribution in [0.5, 0.6) is 0 Å². The maximum Gasteiger partial charge on any atom is 0.224 e. The number of fused-ring (bicyclic) bond motifs is 1. The number of hydrogen-bond acceptors (Lipinski definition) is 2. The highest BCUT2D eigenvalue weighted by atomic mass is 32.1. The number of hydrogen-bond donors (Lipinski definition) is 2. The van der Waals surface area contributed by atoms with E-state index in [2.05, 4.69) is 17.9 Å². The minimum atomic E-state index is 0.116. The van der Waals surface area contributed by atoms with Crippen LogP contribution in [0, 0.1) is 0 Å². The molecule has 0 saturated carbocycles. The van der Waals surface area contributed by atoms with Gasteiger partial charge in [-0.3, -0.25) is 4.79 Å². The Morgan fingerprint density at radius 2 is 2.15 bits per heavy atom. The minimum Gasteiger partial charge on any atom is -0.326 e. The lowest BCUT2D eigenvalue weighted by Crippen LogP contribution is -2.08. The lowest BCUT2D eigenvalue weighted by atomic mass is 10.1. The van der Waals surface area contributed by atoms with Gasteiger partial charge in [-0.1, -0.05) is 0 Å². The second-order valence-electron chi connectivity index (χ2n) is 3.24. The quantitative estimate of drug-likeness (QED) is 0.608. The van der Waals surface area contributed by atoms with Gasteiger partial charge in [0.1, 0.15) is 0 Å². The second-order valence-corrected chi connectivity index (χ2v) is 3.76. The molecule has 3 heteroatoms. The molecule has 0 radical (unpaired) electrons. The van der Waals surface area contributed by atoms with E-state index in [1.54, 1.807) is 0 Å². The Hall–Kier alpha value is -0.960. The van der Waals surface area contributed by atoms with Gasteiger partial charge >= 0.3 is 0 Å². The highest BCUT2D eigenvalue weighted by molar-refractivity contribution is 7.80. The van der Waals surface area contributed by atoms with Gasteiger partial charge < -0.3 is 5.32 Å². The molecule has 1 aromatic carbocycles. The van der Waals surface area contributed by atoms with Gasteiger partial charge in [-0.25, -0.2) is 0 Å². The Bertz CT molecular complexity index is 349. The fraction of sp³-hybridized carbons (Fsp3) is 0.300. The standard InChI is InChI=1S/C10H11NOS/c12-10-3-1-2-7-6-8(13)4-5-9(7)11-10/h4-6,13H,1-3H2,(H,11,12). The summed E-state index contributed by atoms with van der Waals surface area (Å²) in [5.74, 6) is 0.116. The third-order valence-electron chi connectivity index (χ3n) is 2.21. The van der Waals surface area contributed by atoms with Crippen molar-refractivity contribution in [1.29, 1.82) is 0 Å². The zero-order valence-corrected chi connectivity index (χ0v) is 8.10. The smallest absolute Gasteiger partial charge is 0.224 e. The summed E-state index contributed by atoms with van der Waals surface area (Å²) in [7, 11) is 0. The largest absolute Gasteiger partial charge is 0.326 e. The molecule has 1 aliphatic rings. The Labute approximate surface area is 82.8 Å². The number of carbonyl (C=O) groups is 1. The molecule has 1 amide bonds. The van der Waals surface area contributed by atoms with Crippen molar-refractivity contribution in [2.24, 2.45) is 0 Å². The Balaban J connectivity index is 2.40. The van der Waals surface area contributed by atoms with E-state index in [0.29, 0.717) is 6.42 Å². The molecular weight excluding hydrogens is 182 g/mol. The van der Waals surface area contributed by atoms with Crippen LogP contribution in [-0.2, 0) is 11.2 Å². The average molecular weight is 193 g/mol. The monoisotopic (exact) mass is 193 g/mol. The van der Waals surface area contributed by atoms with E-state index < -0.39 is 0 Å². The molecule has 0 unspecified atom stereocenters.